The van der Waals surface area contributed by atoms with Gasteiger partial charge in [0.15, 0.2) is 27.9 Å². The highest BCUT2D eigenvalue weighted by Crippen LogP contribution is 2.30. The average Bonchev–Trinajstić information content (AvgIpc) is 2.59. The van der Waals surface area contributed by atoms with Gasteiger partial charge in [-0.3, -0.25) is 4.79 Å². The fourth-order valence-electron chi connectivity index (χ4n) is 3.48. The van der Waals surface area contributed by atoms with Gasteiger partial charge in [0.25, 0.3) is 5.91 Å². The van der Waals surface area contributed by atoms with E-state index in [2.05, 4.69) is 0 Å². The maximum absolute atomic E-state index is 12.6. The first-order chi connectivity index (χ1) is 12.0. The number of hydrogen-bond acceptors (Lipinski definition) is 5. The van der Waals surface area contributed by atoms with Gasteiger partial charge < -0.3 is 14.4 Å². The summed E-state index contributed by atoms with van der Waals surface area (Å²) in [6.07, 6.45) is 4.65. The standard InChI is InChI=1S/C18H25NO5S/c1-23-16-9-5-6-10-17(16)24-13-18(20)19-11-15(12-19)25(21,22)14-7-3-2-4-8-14/h5-6,9-10,14-15H,2-4,7-8,11-13H2,1H3. The van der Waals surface area contributed by atoms with Crippen molar-refractivity contribution < 1.29 is 22.7 Å². The average molecular weight is 367 g/mol. The van der Waals surface area contributed by atoms with Crippen molar-refractivity contribution in [1.82, 2.24) is 4.90 Å². The molecule has 1 aromatic carbocycles. The van der Waals surface area contributed by atoms with E-state index in [9.17, 15) is 13.2 Å². The first-order valence-corrected chi connectivity index (χ1v) is 10.4. The molecule has 0 bridgehead atoms. The van der Waals surface area contributed by atoms with Gasteiger partial charge in [-0.05, 0) is 25.0 Å². The van der Waals surface area contributed by atoms with Crippen molar-refractivity contribution in [2.24, 2.45) is 0 Å². The van der Waals surface area contributed by atoms with E-state index in [0.29, 0.717) is 11.5 Å². The number of nitrogens with zero attached hydrogens (tertiary/aromatic N) is 1. The highest BCUT2D eigenvalue weighted by atomic mass is 32.2. The lowest BCUT2D eigenvalue weighted by Gasteiger charge is -2.40. The lowest BCUT2D eigenvalue weighted by atomic mass is 10.0. The quantitative estimate of drug-likeness (QED) is 0.769. The molecule has 3 rings (SSSR count). The van der Waals surface area contributed by atoms with Crippen molar-refractivity contribution >= 4 is 15.7 Å². The third kappa shape index (κ3) is 3.92. The van der Waals surface area contributed by atoms with Gasteiger partial charge in [-0.15, -0.1) is 0 Å². The zero-order valence-corrected chi connectivity index (χ0v) is 15.3. The van der Waals surface area contributed by atoms with E-state index in [1.54, 1.807) is 30.2 Å². The number of hydrogen-bond donors (Lipinski definition) is 0. The number of carbonyl (C=O) groups excluding carboxylic acids is 1. The summed E-state index contributed by atoms with van der Waals surface area (Å²) >= 11 is 0. The topological polar surface area (TPSA) is 72.9 Å². The summed E-state index contributed by atoms with van der Waals surface area (Å²) in [6, 6.07) is 7.12. The highest BCUT2D eigenvalue weighted by Gasteiger charge is 2.43. The number of ether oxygens (including phenoxy) is 2. The molecule has 1 aliphatic heterocycles. The van der Waals surface area contributed by atoms with Crippen LogP contribution in [-0.4, -0.2) is 56.5 Å². The van der Waals surface area contributed by atoms with Crippen molar-refractivity contribution in [2.75, 3.05) is 26.8 Å². The molecule has 7 heteroatoms. The third-order valence-electron chi connectivity index (χ3n) is 5.10. The van der Waals surface area contributed by atoms with Gasteiger partial charge in [-0.2, -0.15) is 0 Å². The second-order valence-corrected chi connectivity index (χ2v) is 9.22. The van der Waals surface area contributed by atoms with Crippen molar-refractivity contribution in [3.05, 3.63) is 24.3 Å². The highest BCUT2D eigenvalue weighted by molar-refractivity contribution is 7.92. The molecule has 1 amide bonds. The van der Waals surface area contributed by atoms with Crippen LogP contribution < -0.4 is 9.47 Å². The Morgan fingerprint density at radius 3 is 2.36 bits per heavy atom. The summed E-state index contributed by atoms with van der Waals surface area (Å²) in [5.74, 6) is 0.878. The summed E-state index contributed by atoms with van der Waals surface area (Å²) in [6.45, 7) is 0.455. The van der Waals surface area contributed by atoms with Crippen LogP contribution in [0.4, 0.5) is 0 Å². The number of carbonyl (C=O) groups is 1. The molecule has 2 fully saturated rings. The van der Waals surface area contributed by atoms with Gasteiger partial charge in [0.2, 0.25) is 0 Å². The Labute approximate surface area is 149 Å². The van der Waals surface area contributed by atoms with Gasteiger partial charge >= 0.3 is 0 Å². The molecule has 25 heavy (non-hydrogen) atoms. The monoisotopic (exact) mass is 367 g/mol. The van der Waals surface area contributed by atoms with E-state index in [-0.39, 0.29) is 30.9 Å². The summed E-state index contributed by atoms with van der Waals surface area (Å²) in [7, 11) is -1.58. The molecule has 1 aromatic rings. The fourth-order valence-corrected chi connectivity index (χ4v) is 5.79. The fraction of sp³-hybridized carbons (Fsp3) is 0.611. The molecule has 0 radical (unpaired) electrons. The molecular formula is C18H25NO5S. The van der Waals surface area contributed by atoms with Crippen LogP contribution in [0.1, 0.15) is 32.1 Å². The SMILES string of the molecule is COc1ccccc1OCC(=O)N1CC(S(=O)(=O)C2CCCCC2)C1. The lowest BCUT2D eigenvalue weighted by Crippen LogP contribution is -2.59. The van der Waals surface area contributed by atoms with Crippen LogP contribution in [0.2, 0.25) is 0 Å². The molecule has 0 aromatic heterocycles. The molecule has 0 spiro atoms. The van der Waals surface area contributed by atoms with E-state index in [0.717, 1.165) is 32.1 Å². The molecular weight excluding hydrogens is 342 g/mol. The second kappa shape index (κ2) is 7.64. The Morgan fingerprint density at radius 2 is 1.72 bits per heavy atom. The number of benzene rings is 1. The minimum absolute atomic E-state index is 0.115. The van der Waals surface area contributed by atoms with Gasteiger partial charge in [0.1, 0.15) is 0 Å². The Kier molecular flexibility index (Phi) is 5.51. The molecule has 6 nitrogen and oxygen atoms in total. The van der Waals surface area contributed by atoms with Gasteiger partial charge in [0, 0.05) is 13.1 Å². The van der Waals surface area contributed by atoms with E-state index >= 15 is 0 Å². The van der Waals surface area contributed by atoms with Gasteiger partial charge in [-0.25, -0.2) is 8.42 Å². The third-order valence-corrected chi connectivity index (χ3v) is 7.73. The van der Waals surface area contributed by atoms with Crippen LogP contribution in [0.3, 0.4) is 0 Å². The largest absolute Gasteiger partial charge is 0.493 e. The molecule has 0 unspecified atom stereocenters. The van der Waals surface area contributed by atoms with Crippen molar-refractivity contribution in [1.29, 1.82) is 0 Å². The zero-order valence-electron chi connectivity index (χ0n) is 14.5. The van der Waals surface area contributed by atoms with Crippen LogP contribution in [0.15, 0.2) is 24.3 Å². The molecule has 0 atom stereocenters. The van der Waals surface area contributed by atoms with E-state index in [4.69, 9.17) is 9.47 Å². The van der Waals surface area contributed by atoms with Crippen LogP contribution >= 0.6 is 0 Å². The number of likely N-dealkylation sites (tertiary alicyclic amines) is 1. The predicted octanol–water partition coefficient (Wildman–Crippen LogP) is 2.03. The molecule has 2 aliphatic rings. The summed E-state index contributed by atoms with van der Waals surface area (Å²) < 4.78 is 35.9. The predicted molar refractivity (Wildman–Crippen MR) is 94.6 cm³/mol. The molecule has 1 saturated carbocycles. The number of rotatable bonds is 6. The Hall–Kier alpha value is -1.76. The molecule has 1 saturated heterocycles. The molecule has 138 valence electrons. The van der Waals surface area contributed by atoms with Crippen molar-refractivity contribution in [3.63, 3.8) is 0 Å². The number of sulfone groups is 1. The Balaban J connectivity index is 1.49. The second-order valence-electron chi connectivity index (χ2n) is 6.71. The van der Waals surface area contributed by atoms with Crippen LogP contribution in [-0.2, 0) is 14.6 Å². The summed E-state index contributed by atoms with van der Waals surface area (Å²) in [4.78, 5) is 13.8. The Bertz CT molecular complexity index is 706. The maximum atomic E-state index is 12.6. The van der Waals surface area contributed by atoms with Gasteiger partial charge in [-0.1, -0.05) is 31.4 Å². The Morgan fingerprint density at radius 1 is 1.08 bits per heavy atom. The smallest absolute Gasteiger partial charge is 0.260 e. The lowest BCUT2D eigenvalue weighted by molar-refractivity contribution is -0.136. The molecule has 1 aliphatic carbocycles. The molecule has 1 heterocycles. The van der Waals surface area contributed by atoms with Crippen LogP contribution in [0.25, 0.3) is 0 Å². The number of para-hydroxylation sites is 2. The first-order valence-electron chi connectivity index (χ1n) is 8.78. The van der Waals surface area contributed by atoms with Crippen LogP contribution in [0.5, 0.6) is 11.5 Å². The maximum Gasteiger partial charge on any atom is 0.260 e. The number of amides is 1. The van der Waals surface area contributed by atoms with E-state index < -0.39 is 15.1 Å². The minimum atomic E-state index is -3.12. The van der Waals surface area contributed by atoms with Crippen LogP contribution in [0, 0.1) is 0 Å². The normalized spacial score (nSPS) is 19.3. The van der Waals surface area contributed by atoms with E-state index in [1.165, 1.54) is 0 Å². The summed E-state index contributed by atoms with van der Waals surface area (Å²) in [5, 5.41) is -0.626. The summed E-state index contributed by atoms with van der Waals surface area (Å²) in [5.41, 5.74) is 0. The van der Waals surface area contributed by atoms with Crippen molar-refractivity contribution in [2.45, 2.75) is 42.6 Å². The number of methoxy groups -OCH3 is 1. The van der Waals surface area contributed by atoms with Crippen molar-refractivity contribution in [3.8, 4) is 11.5 Å². The van der Waals surface area contributed by atoms with E-state index in [1.807, 2.05) is 6.07 Å². The minimum Gasteiger partial charge on any atom is -0.493 e. The molecule has 0 N–H and O–H groups in total. The first kappa shape index (κ1) is 18.0. The van der Waals surface area contributed by atoms with Gasteiger partial charge in [0.05, 0.1) is 17.6 Å². The zero-order chi connectivity index (χ0) is 17.9.